The third-order valence-corrected chi connectivity index (χ3v) is 8.03. The molecular weight excluding hydrogens is 534 g/mol. The number of rotatable bonds is 8. The summed E-state index contributed by atoms with van der Waals surface area (Å²) in [4.78, 5) is 19.2. The largest absolute Gasteiger partial charge is 0.495 e. The van der Waals surface area contributed by atoms with Crippen molar-refractivity contribution in [3.05, 3.63) is 101 Å². The topological polar surface area (TPSA) is 80.7 Å². The maximum Gasteiger partial charge on any atom is 0.250 e. The van der Waals surface area contributed by atoms with E-state index < -0.39 is 0 Å². The van der Waals surface area contributed by atoms with E-state index in [9.17, 15) is 4.79 Å². The van der Waals surface area contributed by atoms with Gasteiger partial charge in [0.1, 0.15) is 12.4 Å². The molecule has 0 aliphatic carbocycles. The van der Waals surface area contributed by atoms with Gasteiger partial charge in [-0.15, -0.1) is 0 Å². The Labute approximate surface area is 246 Å². The number of hydrogen-bond donors (Lipinski definition) is 2. The van der Waals surface area contributed by atoms with Crippen LogP contribution < -0.4 is 20.3 Å². The Morgan fingerprint density at radius 1 is 1.05 bits per heavy atom. The third kappa shape index (κ3) is 5.30. The number of nitrogens with one attached hydrogen (secondary N) is 2. The maximum atomic E-state index is 12.4. The highest BCUT2D eigenvalue weighted by Gasteiger charge is 2.42. The van der Waals surface area contributed by atoms with Crippen molar-refractivity contribution in [2.75, 3.05) is 31.0 Å². The van der Waals surface area contributed by atoms with Gasteiger partial charge in [-0.25, -0.2) is 0 Å². The second-order valence-electron chi connectivity index (χ2n) is 10.2. The van der Waals surface area contributed by atoms with Gasteiger partial charge in [0.15, 0.2) is 5.11 Å². The molecule has 2 aromatic carbocycles. The monoisotopic (exact) mass is 569 g/mol. The van der Waals surface area contributed by atoms with Gasteiger partial charge in [0.05, 0.1) is 30.6 Å². The van der Waals surface area contributed by atoms with Crippen molar-refractivity contribution >= 4 is 34.6 Å². The molecule has 8 nitrogen and oxygen atoms in total. The summed E-state index contributed by atoms with van der Waals surface area (Å²) < 4.78 is 12.9. The Bertz CT molecular complexity index is 1600. The Morgan fingerprint density at radius 2 is 1.85 bits per heavy atom. The van der Waals surface area contributed by atoms with Crippen LogP contribution in [0.25, 0.3) is 5.69 Å². The van der Waals surface area contributed by atoms with Crippen molar-refractivity contribution in [3.63, 3.8) is 0 Å². The number of nitrogens with zero attached hydrogens (tertiary/aromatic N) is 3. The highest BCUT2D eigenvalue weighted by atomic mass is 32.1. The molecule has 4 aromatic rings. The molecule has 1 aliphatic rings. The van der Waals surface area contributed by atoms with Crippen LogP contribution in [0.2, 0.25) is 0 Å². The molecule has 9 heteroatoms. The number of aryl methyl sites for hydroxylation is 2. The predicted octanol–water partition coefficient (Wildman–Crippen LogP) is 5.88. The zero-order valence-corrected chi connectivity index (χ0v) is 25.0. The van der Waals surface area contributed by atoms with E-state index >= 15 is 0 Å². The van der Waals surface area contributed by atoms with Crippen LogP contribution in [0.4, 0.5) is 11.4 Å². The van der Waals surface area contributed by atoms with E-state index in [1.54, 1.807) is 13.3 Å². The molecule has 3 heterocycles. The molecule has 212 valence electrons. The number of amides is 1. The second kappa shape index (κ2) is 11.7. The molecule has 2 N–H and O–H groups in total. The number of anilines is 2. The van der Waals surface area contributed by atoms with Crippen LogP contribution in [-0.2, 0) is 9.53 Å². The van der Waals surface area contributed by atoms with Gasteiger partial charge in [-0.05, 0) is 99.1 Å². The van der Waals surface area contributed by atoms with Crippen LogP contribution >= 0.6 is 12.2 Å². The van der Waals surface area contributed by atoms with Gasteiger partial charge in [0.25, 0.3) is 0 Å². The molecule has 0 spiro atoms. The molecule has 0 saturated carbocycles. The first kappa shape index (κ1) is 28.3. The van der Waals surface area contributed by atoms with Crippen molar-refractivity contribution in [1.82, 2.24) is 14.9 Å². The predicted molar refractivity (Wildman–Crippen MR) is 166 cm³/mol. The maximum absolute atomic E-state index is 12.4. The minimum Gasteiger partial charge on any atom is -0.495 e. The Hall–Kier alpha value is -4.21. The molecule has 0 bridgehead atoms. The quantitative estimate of drug-likeness (QED) is 0.257. The van der Waals surface area contributed by atoms with Gasteiger partial charge in [0, 0.05) is 36.1 Å². The highest BCUT2D eigenvalue weighted by molar-refractivity contribution is 7.80. The number of ether oxygens (including phenoxy) is 2. The Balaban J connectivity index is 1.67. The van der Waals surface area contributed by atoms with Crippen LogP contribution in [0.5, 0.6) is 5.75 Å². The fourth-order valence-corrected chi connectivity index (χ4v) is 5.99. The Morgan fingerprint density at radius 3 is 2.56 bits per heavy atom. The summed E-state index contributed by atoms with van der Waals surface area (Å²) >= 11 is 5.97. The van der Waals surface area contributed by atoms with Gasteiger partial charge in [-0.3, -0.25) is 9.78 Å². The van der Waals surface area contributed by atoms with Crippen molar-refractivity contribution in [2.45, 2.75) is 39.8 Å². The van der Waals surface area contributed by atoms with Crippen LogP contribution in [0, 0.1) is 27.7 Å². The minimum atomic E-state index is -0.273. The summed E-state index contributed by atoms with van der Waals surface area (Å²) in [6, 6.07) is 19.8. The van der Waals surface area contributed by atoms with E-state index in [1.807, 2.05) is 36.4 Å². The number of carbonyl (C=O) groups is 1. The highest BCUT2D eigenvalue weighted by Crippen LogP contribution is 2.45. The molecule has 1 amide bonds. The van der Waals surface area contributed by atoms with Gasteiger partial charge < -0.3 is 29.6 Å². The van der Waals surface area contributed by atoms with Crippen LogP contribution in [-0.4, -0.2) is 41.4 Å². The SMILES string of the molecule is COCC(=O)Nc1cc(N2C(=S)N[C@@H](c3ccccn3)[C@H]2c2cc(C)n(-c3cccc(C)c3C)c2C)ccc1OC. The molecule has 2 aromatic heterocycles. The minimum absolute atomic E-state index is 0.0637. The number of aromatic nitrogens is 2. The van der Waals surface area contributed by atoms with E-state index in [1.165, 1.54) is 18.2 Å². The number of benzene rings is 2. The zero-order chi connectivity index (χ0) is 29.3. The third-order valence-electron chi connectivity index (χ3n) is 7.71. The first-order chi connectivity index (χ1) is 19.7. The van der Waals surface area contributed by atoms with E-state index in [0.29, 0.717) is 16.5 Å². The van der Waals surface area contributed by atoms with Gasteiger partial charge in [-0.2, -0.15) is 0 Å². The van der Waals surface area contributed by atoms with E-state index in [4.69, 9.17) is 26.7 Å². The fraction of sp³-hybridized carbons (Fsp3) is 0.281. The molecule has 41 heavy (non-hydrogen) atoms. The van der Waals surface area contributed by atoms with Crippen molar-refractivity contribution < 1.29 is 14.3 Å². The Kier molecular flexibility index (Phi) is 8.10. The van der Waals surface area contributed by atoms with Gasteiger partial charge >= 0.3 is 0 Å². The second-order valence-corrected chi connectivity index (χ2v) is 10.6. The number of methoxy groups -OCH3 is 2. The van der Waals surface area contributed by atoms with E-state index in [2.05, 4.69) is 72.1 Å². The van der Waals surface area contributed by atoms with E-state index in [-0.39, 0.29) is 24.6 Å². The van der Waals surface area contributed by atoms with Gasteiger partial charge in [-0.1, -0.05) is 18.2 Å². The normalized spacial score (nSPS) is 16.5. The average Bonchev–Trinajstić information content (AvgIpc) is 3.45. The van der Waals surface area contributed by atoms with Crippen molar-refractivity contribution in [2.24, 2.45) is 0 Å². The fourth-order valence-electron chi connectivity index (χ4n) is 5.65. The van der Waals surface area contributed by atoms with Crippen molar-refractivity contribution in [1.29, 1.82) is 0 Å². The summed E-state index contributed by atoms with van der Waals surface area (Å²) in [7, 11) is 3.06. The lowest BCUT2D eigenvalue weighted by atomic mass is 9.96. The molecule has 1 aliphatic heterocycles. The zero-order valence-electron chi connectivity index (χ0n) is 24.2. The lowest BCUT2D eigenvalue weighted by Gasteiger charge is -2.29. The molecule has 1 saturated heterocycles. The molecule has 2 atom stereocenters. The van der Waals surface area contributed by atoms with Crippen LogP contribution in [0.3, 0.4) is 0 Å². The first-order valence-corrected chi connectivity index (χ1v) is 13.9. The van der Waals surface area contributed by atoms with E-state index in [0.717, 1.165) is 34.0 Å². The van der Waals surface area contributed by atoms with Crippen LogP contribution in [0.15, 0.2) is 66.9 Å². The van der Waals surface area contributed by atoms with Gasteiger partial charge in [0.2, 0.25) is 5.91 Å². The number of carbonyl (C=O) groups excluding carboxylic acids is 1. The standard InChI is InChI=1S/C32H35N5O3S/c1-19-10-9-12-27(21(19)3)36-20(2)16-24(22(36)4)31-30(25-11-7-8-15-33-25)35-32(41)37(31)23-13-14-28(40-6)26(17-23)34-29(38)18-39-5/h7-17,30-31H,18H2,1-6H3,(H,34,38)(H,35,41)/t30-,31+/m0/s1. The smallest absolute Gasteiger partial charge is 0.250 e. The summed E-state index contributed by atoms with van der Waals surface area (Å²) in [6.45, 7) is 8.53. The summed E-state index contributed by atoms with van der Waals surface area (Å²) in [6.07, 6.45) is 1.80. The summed E-state index contributed by atoms with van der Waals surface area (Å²) in [5.41, 5.74) is 9.28. The van der Waals surface area contributed by atoms with Crippen molar-refractivity contribution in [3.8, 4) is 11.4 Å². The number of pyridine rings is 1. The average molecular weight is 570 g/mol. The summed E-state index contributed by atoms with van der Waals surface area (Å²) in [5.74, 6) is 0.271. The number of hydrogen-bond acceptors (Lipinski definition) is 5. The lowest BCUT2D eigenvalue weighted by molar-refractivity contribution is -0.119. The lowest BCUT2D eigenvalue weighted by Crippen LogP contribution is -2.29. The molecule has 5 rings (SSSR count). The molecule has 0 unspecified atom stereocenters. The number of thiocarbonyl (C=S) groups is 1. The summed E-state index contributed by atoms with van der Waals surface area (Å²) in [5, 5.41) is 7.01. The molecule has 1 fully saturated rings. The molecular formula is C32H35N5O3S. The van der Waals surface area contributed by atoms with Crippen LogP contribution in [0.1, 0.15) is 45.9 Å². The first-order valence-electron chi connectivity index (χ1n) is 13.5. The molecule has 0 radical (unpaired) electrons.